The smallest absolute Gasteiger partial charge is 0.262 e. The molecule has 4 N–H and O–H groups in total. The van der Waals surface area contributed by atoms with E-state index in [0.717, 1.165) is 52.8 Å². The average Bonchev–Trinajstić information content (AvgIpc) is 3.77. The highest BCUT2D eigenvalue weighted by Crippen LogP contribution is 2.42. The number of rotatable bonds is 13. The van der Waals surface area contributed by atoms with Crippen LogP contribution in [0.15, 0.2) is 77.9 Å². The topological polar surface area (TPSA) is 130 Å². The van der Waals surface area contributed by atoms with Crippen molar-refractivity contribution in [3.05, 3.63) is 105 Å². The van der Waals surface area contributed by atoms with Gasteiger partial charge in [-0.3, -0.25) is 14.0 Å². The molecule has 258 valence electrons. The monoisotopic (exact) mass is 712 g/mol. The first-order chi connectivity index (χ1) is 24.3. The Bertz CT molecular complexity index is 2120. The minimum Gasteiger partial charge on any atom is -0.481 e. The van der Waals surface area contributed by atoms with Gasteiger partial charge in [-0.15, -0.1) is 0 Å². The third-order valence-corrected chi connectivity index (χ3v) is 10.4. The second-order valence-corrected chi connectivity index (χ2v) is 13.7. The Hall–Kier alpha value is -4.32. The highest BCUT2D eigenvalue weighted by atomic mass is 35.5. The van der Waals surface area contributed by atoms with E-state index in [9.17, 15) is 14.7 Å². The molecule has 3 atom stereocenters. The van der Waals surface area contributed by atoms with Crippen LogP contribution in [0.25, 0.3) is 39.2 Å². The molecule has 0 spiro atoms. The second kappa shape index (κ2) is 14.9. The molecule has 7 rings (SSSR count). The Morgan fingerprint density at radius 1 is 0.920 bits per heavy atom. The van der Waals surface area contributed by atoms with Crippen molar-refractivity contribution in [2.24, 2.45) is 11.8 Å². The van der Waals surface area contributed by atoms with Crippen LogP contribution in [0.5, 0.6) is 5.88 Å². The molecule has 12 heteroatoms. The van der Waals surface area contributed by atoms with Gasteiger partial charge in [-0.05, 0) is 55.0 Å². The number of aromatic nitrogens is 3. The lowest BCUT2D eigenvalue weighted by molar-refractivity contribution is -0.119. The molecule has 2 aliphatic rings. The summed E-state index contributed by atoms with van der Waals surface area (Å²) in [6.45, 7) is 2.62. The van der Waals surface area contributed by atoms with Crippen LogP contribution in [0.1, 0.15) is 30.4 Å². The maximum atomic E-state index is 13.2. The number of hydrogen-bond donors (Lipinski definition) is 4. The van der Waals surface area contributed by atoms with E-state index in [4.69, 9.17) is 32.9 Å². The maximum absolute atomic E-state index is 13.2. The predicted octanol–water partition coefficient (Wildman–Crippen LogP) is 5.49. The molecule has 2 fully saturated rings. The third-order valence-electron chi connectivity index (χ3n) is 9.60. The molecule has 10 nitrogen and oxygen atoms in total. The fourth-order valence-electron chi connectivity index (χ4n) is 6.62. The molecule has 5 aromatic rings. The van der Waals surface area contributed by atoms with Crippen molar-refractivity contribution in [1.82, 2.24) is 30.3 Å². The zero-order valence-corrected chi connectivity index (χ0v) is 29.1. The van der Waals surface area contributed by atoms with Gasteiger partial charge < -0.3 is 25.8 Å². The SMILES string of the molecule is COc1nc(-c2cccc(-c3cccc(-c4ccn5c(=O)c(CNC[C@@H]6C[C@@H]6CO)cnc5c4)c3Cl)c2Cl)ccc1CNC[C@H]1CCC(=O)N1. The number of fused-ring (bicyclic) bond motifs is 1. The van der Waals surface area contributed by atoms with Gasteiger partial charge in [0.1, 0.15) is 5.65 Å². The molecule has 1 aliphatic carbocycles. The molecule has 0 bridgehead atoms. The van der Waals surface area contributed by atoms with Crippen molar-refractivity contribution in [2.75, 3.05) is 26.8 Å². The van der Waals surface area contributed by atoms with Crippen molar-refractivity contribution >= 4 is 34.8 Å². The normalized spacial score (nSPS) is 18.4. The van der Waals surface area contributed by atoms with Gasteiger partial charge in [0, 0.05) is 84.5 Å². The summed E-state index contributed by atoms with van der Waals surface area (Å²) in [5.74, 6) is 1.43. The molecular formula is C38H38Cl2N6O4. The van der Waals surface area contributed by atoms with Gasteiger partial charge in [0.2, 0.25) is 11.8 Å². The number of aliphatic hydroxyl groups is 1. The number of amides is 1. The van der Waals surface area contributed by atoms with Crippen molar-refractivity contribution in [3.8, 4) is 39.4 Å². The minimum atomic E-state index is -0.124. The van der Waals surface area contributed by atoms with Crippen LogP contribution < -0.4 is 26.2 Å². The summed E-state index contributed by atoms with van der Waals surface area (Å²) < 4.78 is 7.19. The first-order valence-electron chi connectivity index (χ1n) is 16.8. The molecule has 1 amide bonds. The number of carbonyl (C=O) groups is 1. The van der Waals surface area contributed by atoms with E-state index in [1.165, 1.54) is 0 Å². The summed E-state index contributed by atoms with van der Waals surface area (Å²) in [6.07, 6.45) is 5.77. The Labute approximate surface area is 299 Å². The largest absolute Gasteiger partial charge is 0.481 e. The first-order valence-corrected chi connectivity index (χ1v) is 17.5. The molecule has 0 radical (unpaired) electrons. The molecule has 3 aromatic heterocycles. The van der Waals surface area contributed by atoms with Crippen LogP contribution in [0, 0.1) is 11.8 Å². The molecule has 4 heterocycles. The lowest BCUT2D eigenvalue weighted by Crippen LogP contribution is -2.35. The van der Waals surface area contributed by atoms with E-state index in [2.05, 4.69) is 20.9 Å². The Morgan fingerprint density at radius 3 is 2.36 bits per heavy atom. The highest BCUT2D eigenvalue weighted by molar-refractivity contribution is 6.39. The highest BCUT2D eigenvalue weighted by Gasteiger charge is 2.35. The fraction of sp³-hybridized carbons (Fsp3) is 0.316. The minimum absolute atomic E-state index is 0.0947. The van der Waals surface area contributed by atoms with Gasteiger partial charge in [-0.1, -0.05) is 65.7 Å². The van der Waals surface area contributed by atoms with Gasteiger partial charge in [0.05, 0.1) is 22.8 Å². The summed E-state index contributed by atoms with van der Waals surface area (Å²) in [5, 5.41) is 20.0. The van der Waals surface area contributed by atoms with Crippen LogP contribution in [0.3, 0.4) is 0 Å². The van der Waals surface area contributed by atoms with Crippen LogP contribution in [0.4, 0.5) is 0 Å². The summed E-state index contributed by atoms with van der Waals surface area (Å²) >= 11 is 14.2. The van der Waals surface area contributed by atoms with Gasteiger partial charge in [0.15, 0.2) is 0 Å². The maximum Gasteiger partial charge on any atom is 0.262 e. The number of halogens is 2. The number of nitrogens with zero attached hydrogens (tertiary/aromatic N) is 3. The Kier molecular flexibility index (Phi) is 10.2. The number of ether oxygens (including phenoxy) is 1. The molecule has 1 saturated heterocycles. The van der Waals surface area contributed by atoms with Gasteiger partial charge in [-0.25, -0.2) is 9.97 Å². The fourth-order valence-corrected chi connectivity index (χ4v) is 7.28. The number of pyridine rings is 2. The van der Waals surface area contributed by atoms with Gasteiger partial charge in [0.25, 0.3) is 5.56 Å². The summed E-state index contributed by atoms with van der Waals surface area (Å²) in [7, 11) is 1.59. The number of benzene rings is 2. The van der Waals surface area contributed by atoms with Crippen LogP contribution in [0.2, 0.25) is 10.0 Å². The van der Waals surface area contributed by atoms with Crippen molar-refractivity contribution < 1.29 is 14.6 Å². The van der Waals surface area contributed by atoms with E-state index in [1.807, 2.05) is 60.7 Å². The van der Waals surface area contributed by atoms with E-state index in [-0.39, 0.29) is 24.1 Å². The summed E-state index contributed by atoms with van der Waals surface area (Å²) in [5.41, 5.74) is 6.39. The zero-order chi connectivity index (χ0) is 34.8. The van der Waals surface area contributed by atoms with E-state index in [0.29, 0.717) is 70.7 Å². The van der Waals surface area contributed by atoms with E-state index in [1.54, 1.807) is 23.9 Å². The first kappa shape index (κ1) is 34.1. The van der Waals surface area contributed by atoms with Crippen molar-refractivity contribution in [1.29, 1.82) is 0 Å². The van der Waals surface area contributed by atoms with Crippen molar-refractivity contribution in [3.63, 3.8) is 0 Å². The second-order valence-electron chi connectivity index (χ2n) is 12.9. The molecule has 0 unspecified atom stereocenters. The van der Waals surface area contributed by atoms with Gasteiger partial charge >= 0.3 is 0 Å². The third kappa shape index (κ3) is 7.12. The lowest BCUT2D eigenvalue weighted by atomic mass is 9.97. The molecule has 50 heavy (non-hydrogen) atoms. The molecule has 1 saturated carbocycles. The number of nitrogens with one attached hydrogen (secondary N) is 3. The Balaban J connectivity index is 1.11. The number of hydrogen-bond acceptors (Lipinski definition) is 8. The van der Waals surface area contributed by atoms with E-state index >= 15 is 0 Å². The standard InChI is InChI=1S/C38H38Cl2N6O4/c1-50-37-23(16-42-20-27-9-11-34(48)44-27)8-10-32(45-37)31-7-3-6-30(36(31)40)29-5-2-4-28(35(29)39)22-12-13-46-33(15-22)43-19-26(38(46)49)18-41-17-24-14-25(24)21-47/h2-8,10,12-13,15,19,24-25,27,41-42,47H,9,11,14,16-18,20-21H2,1H3,(H,44,48)/t24-,25+,27+/m0/s1. The van der Waals surface area contributed by atoms with Crippen molar-refractivity contribution in [2.45, 2.75) is 38.4 Å². The lowest BCUT2D eigenvalue weighted by Gasteiger charge is -2.16. The van der Waals surface area contributed by atoms with Crippen LogP contribution in [-0.2, 0) is 17.9 Å². The quantitative estimate of drug-likeness (QED) is 0.126. The Morgan fingerprint density at radius 2 is 1.64 bits per heavy atom. The summed E-state index contributed by atoms with van der Waals surface area (Å²) in [6, 6.07) is 19.3. The summed E-state index contributed by atoms with van der Waals surface area (Å²) in [4.78, 5) is 34.1. The molecule has 1 aliphatic heterocycles. The number of aliphatic hydroxyl groups excluding tert-OH is 1. The molecule has 2 aromatic carbocycles. The number of carbonyl (C=O) groups excluding carboxylic acids is 1. The average molecular weight is 714 g/mol. The van der Waals surface area contributed by atoms with Gasteiger partial charge in [-0.2, -0.15) is 0 Å². The predicted molar refractivity (Wildman–Crippen MR) is 195 cm³/mol. The number of methoxy groups -OCH3 is 1. The van der Waals surface area contributed by atoms with Crippen LogP contribution in [-0.4, -0.2) is 58.2 Å². The molecular weight excluding hydrogens is 675 g/mol. The van der Waals surface area contributed by atoms with Crippen LogP contribution >= 0.6 is 23.2 Å². The zero-order valence-electron chi connectivity index (χ0n) is 27.6. The van der Waals surface area contributed by atoms with E-state index < -0.39 is 0 Å².